The maximum absolute atomic E-state index is 2.62. The first kappa shape index (κ1) is 28.7. The summed E-state index contributed by atoms with van der Waals surface area (Å²) in [5.74, 6) is 0. The number of benzene rings is 1. The van der Waals surface area contributed by atoms with Gasteiger partial charge in [-0.2, -0.15) is 0 Å². The predicted octanol–water partition coefficient (Wildman–Crippen LogP) is -3.06. The molecule has 144 valence electrons. The Bertz CT molecular complexity index is 678. The van der Waals surface area contributed by atoms with Gasteiger partial charge in [-0.05, 0) is 0 Å². The van der Waals surface area contributed by atoms with Crippen LogP contribution < -0.4 is 42.4 Å². The first-order chi connectivity index (χ1) is 10.5. The summed E-state index contributed by atoms with van der Waals surface area (Å²) in [7, 11) is -1.78. The summed E-state index contributed by atoms with van der Waals surface area (Å²) >= 11 is 2.38. The first-order valence-electron chi connectivity index (χ1n) is 8.68. The van der Waals surface area contributed by atoms with Gasteiger partial charge < -0.3 is 37.2 Å². The van der Waals surface area contributed by atoms with Crippen LogP contribution in [0.5, 0.6) is 0 Å². The Kier molecular flexibility index (Phi) is 10.8. The average Bonchev–Trinajstić information content (AvgIpc) is 2.61. The molecule has 1 aliphatic carbocycles. The molecule has 0 amide bonds. The molecule has 26 heavy (non-hydrogen) atoms. The van der Waals surface area contributed by atoms with Gasteiger partial charge in [0.1, 0.15) is 0 Å². The van der Waals surface area contributed by atoms with E-state index in [9.17, 15) is 0 Å². The van der Waals surface area contributed by atoms with E-state index >= 15 is 0 Å². The van der Waals surface area contributed by atoms with Crippen LogP contribution in [-0.2, 0) is 20.4 Å². The second-order valence-corrected chi connectivity index (χ2v) is 14.0. The summed E-state index contributed by atoms with van der Waals surface area (Å²) in [4.78, 5) is 0. The van der Waals surface area contributed by atoms with Crippen molar-refractivity contribution < 1.29 is 57.7 Å². The van der Waals surface area contributed by atoms with Gasteiger partial charge in [0.2, 0.25) is 0 Å². The van der Waals surface area contributed by atoms with E-state index in [0.717, 1.165) is 0 Å². The van der Waals surface area contributed by atoms with Crippen molar-refractivity contribution in [1.82, 2.24) is 0 Å². The molecule has 0 fully saturated rings. The largest absolute Gasteiger partial charge is 1.00 e. The standard InChI is InChI=1S/C21H31Si.3ClH.Ti/c1-14(2)22(9,20-11-15(3)10-16(4)12-20)21(8)13-17(5)18(6)19(21)7;;;;/h10-12,14H,1-9H3;3*1H;/q;;;;+3/p-3. The minimum atomic E-state index is -1.78. The van der Waals surface area contributed by atoms with E-state index < -0.39 is 8.07 Å². The molecule has 0 aliphatic heterocycles. The van der Waals surface area contributed by atoms with Crippen LogP contribution in [0, 0.1) is 13.8 Å². The zero-order chi connectivity index (χ0) is 17.7. The van der Waals surface area contributed by atoms with E-state index in [0.29, 0.717) is 5.54 Å². The number of aryl methyl sites for hydroxylation is 2. The molecule has 1 aromatic carbocycles. The fourth-order valence-electron chi connectivity index (χ4n) is 4.53. The number of hydrogen-bond acceptors (Lipinski definition) is 0. The second-order valence-electron chi connectivity index (χ2n) is 8.11. The summed E-state index contributed by atoms with van der Waals surface area (Å²) in [6, 6.07) is 7.24. The Morgan fingerprint density at radius 3 is 1.58 bits per heavy atom. The van der Waals surface area contributed by atoms with Gasteiger partial charge in [0.25, 0.3) is 0 Å². The molecule has 0 nitrogen and oxygen atoms in total. The van der Waals surface area contributed by atoms with Crippen molar-refractivity contribution in [2.45, 2.75) is 72.5 Å². The summed E-state index contributed by atoms with van der Waals surface area (Å²) in [5.41, 5.74) is 8.14. The Morgan fingerprint density at radius 1 is 0.846 bits per heavy atom. The van der Waals surface area contributed by atoms with Gasteiger partial charge >= 0.3 is 156 Å². The van der Waals surface area contributed by atoms with E-state index in [-0.39, 0.29) is 42.3 Å². The third-order valence-corrected chi connectivity index (χ3v) is 15.0. The molecule has 2 atom stereocenters. The molecule has 2 unspecified atom stereocenters. The molecule has 0 heterocycles. The molecule has 0 aromatic heterocycles. The molecule has 0 N–H and O–H groups in total. The van der Waals surface area contributed by atoms with Crippen molar-refractivity contribution in [3.05, 3.63) is 49.9 Å². The number of rotatable bonds is 3. The van der Waals surface area contributed by atoms with Crippen LogP contribution in [0.1, 0.15) is 52.7 Å². The molecular weight excluding hydrogens is 435 g/mol. The van der Waals surface area contributed by atoms with Gasteiger partial charge in [0.15, 0.2) is 0 Å². The SMILES string of the molecule is CC1=C(C)C(C)([Si](C)(c2cc(C)cc(C)c2)C(C)C)[C]([Ti+3])=C1C.[Cl-].[Cl-].[Cl-]. The fraction of sp³-hybridized carbons (Fsp3) is 0.524. The normalized spacial score (nSPS) is 21.8. The maximum atomic E-state index is 2.62. The van der Waals surface area contributed by atoms with Crippen molar-refractivity contribution in [2.24, 2.45) is 0 Å². The van der Waals surface area contributed by atoms with Crippen molar-refractivity contribution in [3.8, 4) is 0 Å². The fourth-order valence-corrected chi connectivity index (χ4v) is 11.5. The van der Waals surface area contributed by atoms with Crippen LogP contribution in [0.4, 0.5) is 0 Å². The maximum Gasteiger partial charge on any atom is -1.00 e. The Morgan fingerprint density at radius 2 is 1.27 bits per heavy atom. The predicted molar refractivity (Wildman–Crippen MR) is 102 cm³/mol. The minimum absolute atomic E-state index is 0. The molecule has 0 saturated heterocycles. The molecule has 1 aromatic rings. The zero-order valence-corrected chi connectivity index (χ0v) is 22.3. The monoisotopic (exact) mass is 464 g/mol. The van der Waals surface area contributed by atoms with Gasteiger partial charge in [-0.3, -0.25) is 0 Å². The van der Waals surface area contributed by atoms with Crippen molar-refractivity contribution in [1.29, 1.82) is 0 Å². The van der Waals surface area contributed by atoms with Crippen LogP contribution in [0.2, 0.25) is 17.1 Å². The van der Waals surface area contributed by atoms with Crippen LogP contribution >= 0.6 is 0 Å². The second kappa shape index (κ2) is 9.81. The number of allylic oxidation sites excluding steroid dienone is 4. The molecule has 0 bridgehead atoms. The summed E-state index contributed by atoms with van der Waals surface area (Å²) < 4.78 is 1.61. The zero-order valence-electron chi connectivity index (χ0n) is 17.4. The Hall–Kier alpha value is 0.501. The third-order valence-electron chi connectivity index (χ3n) is 6.76. The average molecular weight is 466 g/mol. The van der Waals surface area contributed by atoms with Crippen molar-refractivity contribution in [2.75, 3.05) is 0 Å². The van der Waals surface area contributed by atoms with Gasteiger partial charge in [0, 0.05) is 0 Å². The van der Waals surface area contributed by atoms with Gasteiger partial charge in [-0.25, -0.2) is 0 Å². The third kappa shape index (κ3) is 4.09. The minimum Gasteiger partial charge on any atom is -1.00 e. The van der Waals surface area contributed by atoms with Gasteiger partial charge in [-0.15, -0.1) is 0 Å². The Labute approximate surface area is 192 Å². The van der Waals surface area contributed by atoms with E-state index in [1.54, 1.807) is 14.6 Å². The summed E-state index contributed by atoms with van der Waals surface area (Å²) in [5, 5.41) is 1.84. The smallest absolute Gasteiger partial charge is 1.00 e. The molecule has 1 aliphatic rings. The molecular formula is C21H31Cl3SiTi. The van der Waals surface area contributed by atoms with Crippen molar-refractivity contribution in [3.63, 3.8) is 0 Å². The van der Waals surface area contributed by atoms with Crippen LogP contribution in [0.25, 0.3) is 0 Å². The van der Waals surface area contributed by atoms with Crippen LogP contribution in [-0.4, -0.2) is 8.07 Å². The molecule has 5 heteroatoms. The number of hydrogen-bond donors (Lipinski definition) is 0. The van der Waals surface area contributed by atoms with Crippen molar-refractivity contribution >= 4 is 13.3 Å². The molecule has 0 spiro atoms. The Balaban J connectivity index is 0. The molecule has 0 radical (unpaired) electrons. The van der Waals surface area contributed by atoms with Gasteiger partial charge in [-0.1, -0.05) is 0 Å². The van der Waals surface area contributed by atoms with E-state index in [1.165, 1.54) is 22.3 Å². The number of halogens is 3. The van der Waals surface area contributed by atoms with E-state index in [1.807, 2.05) is 0 Å². The summed E-state index contributed by atoms with van der Waals surface area (Å²) in [6.45, 7) is 21.5. The summed E-state index contributed by atoms with van der Waals surface area (Å²) in [6.07, 6.45) is 0. The molecule has 2 rings (SSSR count). The first-order valence-corrected chi connectivity index (χ1v) is 12.0. The van der Waals surface area contributed by atoms with Crippen LogP contribution in [0.15, 0.2) is 38.8 Å². The topological polar surface area (TPSA) is 0 Å². The van der Waals surface area contributed by atoms with E-state index in [4.69, 9.17) is 0 Å². The van der Waals surface area contributed by atoms with Gasteiger partial charge in [0.05, 0.1) is 0 Å². The molecule has 0 saturated carbocycles. The quantitative estimate of drug-likeness (QED) is 0.416. The van der Waals surface area contributed by atoms with E-state index in [2.05, 4.69) is 101 Å². The van der Waals surface area contributed by atoms with Crippen LogP contribution in [0.3, 0.4) is 0 Å².